The molecule has 3 rings (SSSR count). The topological polar surface area (TPSA) is 48.5 Å². The highest BCUT2D eigenvalue weighted by Gasteiger charge is 2.17. The molecule has 1 N–H and O–H groups in total. The van der Waals surface area contributed by atoms with Crippen LogP contribution in [0.4, 0.5) is 5.69 Å². The summed E-state index contributed by atoms with van der Waals surface area (Å²) in [6, 6.07) is 11.8. The molecule has 0 spiro atoms. The van der Waals surface area contributed by atoms with Crippen LogP contribution in [-0.2, 0) is 11.3 Å². The molecule has 25 heavy (non-hydrogen) atoms. The maximum absolute atomic E-state index is 12.0. The molecule has 0 unspecified atom stereocenters. The fourth-order valence-corrected chi connectivity index (χ4v) is 3.14. The highest BCUT2D eigenvalue weighted by atomic mass is 35.5. The molecule has 2 heterocycles. The number of rotatable bonds is 6. The Balaban J connectivity index is 1.37. The van der Waals surface area contributed by atoms with Crippen LogP contribution in [-0.4, -0.2) is 48.5 Å². The van der Waals surface area contributed by atoms with Gasteiger partial charge in [0.05, 0.1) is 0 Å². The Morgan fingerprint density at radius 2 is 2.00 bits per heavy atom. The highest BCUT2D eigenvalue weighted by molar-refractivity contribution is 6.30. The smallest absolute Gasteiger partial charge is 0.221 e. The van der Waals surface area contributed by atoms with Crippen LogP contribution in [0, 0.1) is 0 Å². The molecule has 0 aliphatic carbocycles. The third kappa shape index (κ3) is 5.44. The van der Waals surface area contributed by atoms with Crippen molar-refractivity contribution in [2.24, 2.45) is 0 Å². The van der Waals surface area contributed by atoms with Crippen molar-refractivity contribution in [2.75, 3.05) is 37.6 Å². The summed E-state index contributed by atoms with van der Waals surface area (Å²) in [6.45, 7) is 5.16. The van der Waals surface area contributed by atoms with Gasteiger partial charge in [0, 0.05) is 68.8 Å². The van der Waals surface area contributed by atoms with E-state index in [1.54, 1.807) is 12.4 Å². The van der Waals surface area contributed by atoms with E-state index in [-0.39, 0.29) is 5.91 Å². The van der Waals surface area contributed by atoms with Crippen molar-refractivity contribution in [3.63, 3.8) is 0 Å². The van der Waals surface area contributed by atoms with Crippen LogP contribution in [0.1, 0.15) is 12.0 Å². The largest absolute Gasteiger partial charge is 0.369 e. The molecule has 0 radical (unpaired) electrons. The van der Waals surface area contributed by atoms with Gasteiger partial charge in [0.15, 0.2) is 0 Å². The van der Waals surface area contributed by atoms with Gasteiger partial charge < -0.3 is 10.2 Å². The van der Waals surface area contributed by atoms with Crippen LogP contribution in [0.25, 0.3) is 0 Å². The van der Waals surface area contributed by atoms with E-state index in [1.165, 1.54) is 5.69 Å². The van der Waals surface area contributed by atoms with Crippen molar-refractivity contribution >= 4 is 23.2 Å². The molecule has 6 heteroatoms. The summed E-state index contributed by atoms with van der Waals surface area (Å²) in [5.74, 6) is 0.0844. The van der Waals surface area contributed by atoms with Gasteiger partial charge in [-0.25, -0.2) is 0 Å². The van der Waals surface area contributed by atoms with Crippen LogP contribution in [0.5, 0.6) is 0 Å². The van der Waals surface area contributed by atoms with E-state index in [0.717, 1.165) is 43.3 Å². The number of benzene rings is 1. The lowest BCUT2D eigenvalue weighted by molar-refractivity contribution is -0.121. The minimum absolute atomic E-state index is 0.0844. The van der Waals surface area contributed by atoms with Gasteiger partial charge in [-0.15, -0.1) is 0 Å². The monoisotopic (exact) mass is 358 g/mol. The van der Waals surface area contributed by atoms with E-state index in [9.17, 15) is 4.79 Å². The molecule has 1 saturated heterocycles. The lowest BCUT2D eigenvalue weighted by Crippen LogP contribution is -2.47. The Labute approximate surface area is 153 Å². The average Bonchev–Trinajstić information content (AvgIpc) is 2.66. The molecule has 1 aromatic heterocycles. The predicted octanol–water partition coefficient (Wildman–Crippen LogP) is 2.56. The molecule has 1 amide bonds. The third-order valence-electron chi connectivity index (χ3n) is 4.41. The Morgan fingerprint density at radius 1 is 1.16 bits per heavy atom. The SMILES string of the molecule is O=C(CCN1CCN(c2cccc(Cl)c2)CC1)NCc1cccnc1. The number of nitrogens with zero attached hydrogens (tertiary/aromatic N) is 3. The summed E-state index contributed by atoms with van der Waals surface area (Å²) in [6.07, 6.45) is 4.03. The second kappa shape index (κ2) is 8.83. The highest BCUT2D eigenvalue weighted by Crippen LogP contribution is 2.20. The van der Waals surface area contributed by atoms with Crippen molar-refractivity contribution in [1.29, 1.82) is 0 Å². The minimum Gasteiger partial charge on any atom is -0.369 e. The molecule has 1 aliphatic rings. The summed E-state index contributed by atoms with van der Waals surface area (Å²) in [5.41, 5.74) is 2.19. The number of carbonyl (C=O) groups excluding carboxylic acids is 1. The maximum atomic E-state index is 12.0. The first-order valence-corrected chi connectivity index (χ1v) is 8.97. The van der Waals surface area contributed by atoms with Crippen molar-refractivity contribution in [2.45, 2.75) is 13.0 Å². The summed E-state index contributed by atoms with van der Waals surface area (Å²) in [4.78, 5) is 20.7. The molecular weight excluding hydrogens is 336 g/mol. The number of nitrogens with one attached hydrogen (secondary N) is 1. The van der Waals surface area contributed by atoms with Gasteiger partial charge >= 0.3 is 0 Å². The standard InChI is InChI=1S/C19H23ClN4O/c20-17-4-1-5-18(13-17)24-11-9-23(10-12-24)8-6-19(25)22-15-16-3-2-7-21-14-16/h1-5,7,13-14H,6,8-12,15H2,(H,22,25). The molecule has 1 aromatic carbocycles. The zero-order valence-electron chi connectivity index (χ0n) is 14.2. The molecule has 1 fully saturated rings. The lowest BCUT2D eigenvalue weighted by Gasteiger charge is -2.36. The Hall–Kier alpha value is -2.11. The second-order valence-corrected chi connectivity index (χ2v) is 6.63. The van der Waals surface area contributed by atoms with E-state index in [2.05, 4.69) is 26.2 Å². The van der Waals surface area contributed by atoms with Crippen molar-refractivity contribution in [3.05, 3.63) is 59.4 Å². The summed E-state index contributed by atoms with van der Waals surface area (Å²) < 4.78 is 0. The molecule has 1 aliphatic heterocycles. The van der Waals surface area contributed by atoms with E-state index >= 15 is 0 Å². The van der Waals surface area contributed by atoms with Crippen LogP contribution >= 0.6 is 11.6 Å². The van der Waals surface area contributed by atoms with Crippen LogP contribution in [0.3, 0.4) is 0 Å². The first kappa shape index (κ1) is 17.7. The van der Waals surface area contributed by atoms with Crippen molar-refractivity contribution in [1.82, 2.24) is 15.2 Å². The minimum atomic E-state index is 0.0844. The van der Waals surface area contributed by atoms with E-state index in [4.69, 9.17) is 11.6 Å². The van der Waals surface area contributed by atoms with Crippen molar-refractivity contribution in [3.8, 4) is 0 Å². The first-order chi connectivity index (χ1) is 12.2. The normalized spacial score (nSPS) is 15.2. The average molecular weight is 359 g/mol. The van der Waals surface area contributed by atoms with Crippen LogP contribution in [0.2, 0.25) is 5.02 Å². The summed E-state index contributed by atoms with van der Waals surface area (Å²) in [5, 5.41) is 3.72. The second-order valence-electron chi connectivity index (χ2n) is 6.20. The lowest BCUT2D eigenvalue weighted by atomic mass is 10.2. The molecule has 0 atom stereocenters. The zero-order valence-corrected chi connectivity index (χ0v) is 15.0. The molecule has 5 nitrogen and oxygen atoms in total. The fraction of sp³-hybridized carbons (Fsp3) is 0.368. The molecule has 0 saturated carbocycles. The fourth-order valence-electron chi connectivity index (χ4n) is 2.95. The van der Waals surface area contributed by atoms with Gasteiger partial charge in [-0.2, -0.15) is 0 Å². The maximum Gasteiger partial charge on any atom is 0.221 e. The van der Waals surface area contributed by atoms with E-state index < -0.39 is 0 Å². The van der Waals surface area contributed by atoms with Crippen molar-refractivity contribution < 1.29 is 4.79 Å². The van der Waals surface area contributed by atoms with E-state index in [1.807, 2.05) is 30.3 Å². The van der Waals surface area contributed by atoms with Crippen LogP contribution in [0.15, 0.2) is 48.8 Å². The quantitative estimate of drug-likeness (QED) is 0.862. The molecular formula is C19H23ClN4O. The van der Waals surface area contributed by atoms with Gasteiger partial charge in [0.2, 0.25) is 5.91 Å². The third-order valence-corrected chi connectivity index (χ3v) is 4.65. The zero-order chi connectivity index (χ0) is 17.5. The number of carbonyl (C=O) groups is 1. The number of hydrogen-bond acceptors (Lipinski definition) is 4. The number of halogens is 1. The van der Waals surface area contributed by atoms with Crippen LogP contribution < -0.4 is 10.2 Å². The van der Waals surface area contributed by atoms with Gasteiger partial charge in [-0.05, 0) is 29.8 Å². The Bertz CT molecular complexity index is 687. The van der Waals surface area contributed by atoms with Gasteiger partial charge in [0.25, 0.3) is 0 Å². The van der Waals surface area contributed by atoms with E-state index in [0.29, 0.717) is 13.0 Å². The number of hydrogen-bond donors (Lipinski definition) is 1. The molecule has 2 aromatic rings. The number of aromatic nitrogens is 1. The predicted molar refractivity (Wildman–Crippen MR) is 101 cm³/mol. The Morgan fingerprint density at radius 3 is 2.72 bits per heavy atom. The molecule has 132 valence electrons. The van der Waals surface area contributed by atoms with Gasteiger partial charge in [-0.3, -0.25) is 14.7 Å². The first-order valence-electron chi connectivity index (χ1n) is 8.59. The van der Waals surface area contributed by atoms with Gasteiger partial charge in [0.1, 0.15) is 0 Å². The summed E-state index contributed by atoms with van der Waals surface area (Å²) in [7, 11) is 0. The van der Waals surface area contributed by atoms with Gasteiger partial charge in [-0.1, -0.05) is 23.7 Å². The number of piperazine rings is 1. The summed E-state index contributed by atoms with van der Waals surface area (Å²) >= 11 is 6.07. The number of amides is 1. The number of anilines is 1. The molecule has 0 bridgehead atoms. The Kier molecular flexibility index (Phi) is 6.25. The number of pyridine rings is 1.